The molecule has 0 radical (unpaired) electrons. The highest BCUT2D eigenvalue weighted by Crippen LogP contribution is 2.27. The molecule has 0 heterocycles. The molecule has 90 valence electrons. The third-order valence-electron chi connectivity index (χ3n) is 3.78. The van der Waals surface area contributed by atoms with Gasteiger partial charge in [-0.1, -0.05) is 83.5 Å². The van der Waals surface area contributed by atoms with E-state index in [1.807, 2.05) is 0 Å². The van der Waals surface area contributed by atoms with Gasteiger partial charge in [-0.2, -0.15) is 0 Å². The number of hydrogen-bond donors (Lipinski definition) is 0. The zero-order valence-corrected chi connectivity index (χ0v) is 12.1. The maximum atomic E-state index is 2.52. The van der Waals surface area contributed by atoms with Crippen LogP contribution in [0.3, 0.4) is 0 Å². The van der Waals surface area contributed by atoms with Crippen molar-refractivity contribution < 1.29 is 0 Å². The van der Waals surface area contributed by atoms with Crippen LogP contribution in [-0.4, -0.2) is 8.07 Å². The first-order valence-electron chi connectivity index (χ1n) is 7.08. The van der Waals surface area contributed by atoms with E-state index in [0.717, 1.165) is 5.92 Å². The first-order chi connectivity index (χ1) is 7.08. The summed E-state index contributed by atoms with van der Waals surface area (Å²) in [7, 11) is -0.783. The Hall–Kier alpha value is 0.217. The van der Waals surface area contributed by atoms with Gasteiger partial charge in [0.1, 0.15) is 0 Å². The first-order valence-corrected chi connectivity index (χ1v) is 10.8. The standard InChI is InChI=1S/C14H30Si/c1-15(2,3)13-12-14-10-8-6-4-5-7-9-11-14/h14H,4-13H2,1-3H3. The molecule has 0 aromatic heterocycles. The molecule has 0 amide bonds. The van der Waals surface area contributed by atoms with Crippen LogP contribution in [0.25, 0.3) is 0 Å². The first kappa shape index (κ1) is 13.3. The molecular formula is C14H30Si. The van der Waals surface area contributed by atoms with Crippen molar-refractivity contribution in [2.75, 3.05) is 0 Å². The van der Waals surface area contributed by atoms with Crippen LogP contribution in [0.2, 0.25) is 25.7 Å². The molecule has 1 heteroatoms. The Kier molecular flexibility index (Phi) is 5.96. The highest BCUT2D eigenvalue weighted by molar-refractivity contribution is 6.76. The Morgan fingerprint density at radius 3 is 1.73 bits per heavy atom. The zero-order valence-electron chi connectivity index (χ0n) is 11.1. The molecular weight excluding hydrogens is 196 g/mol. The number of hydrogen-bond acceptors (Lipinski definition) is 0. The summed E-state index contributed by atoms with van der Waals surface area (Å²) in [5.74, 6) is 1.08. The summed E-state index contributed by atoms with van der Waals surface area (Å²) in [5, 5.41) is 0. The largest absolute Gasteiger partial charge is 0.0695 e. The predicted octanol–water partition coefficient (Wildman–Crippen LogP) is 5.47. The maximum Gasteiger partial charge on any atom is 0.0442 e. The Balaban J connectivity index is 2.24. The van der Waals surface area contributed by atoms with Crippen molar-refractivity contribution in [3.63, 3.8) is 0 Å². The minimum atomic E-state index is -0.783. The molecule has 1 fully saturated rings. The van der Waals surface area contributed by atoms with Crippen LogP contribution in [0.15, 0.2) is 0 Å². The average molecular weight is 226 g/mol. The fourth-order valence-corrected chi connectivity index (χ4v) is 3.92. The lowest BCUT2D eigenvalue weighted by molar-refractivity contribution is 0.414. The summed E-state index contributed by atoms with van der Waals surface area (Å²) in [6, 6.07) is 1.55. The molecule has 15 heavy (non-hydrogen) atoms. The number of rotatable bonds is 3. The van der Waals surface area contributed by atoms with Crippen molar-refractivity contribution >= 4 is 8.07 Å². The van der Waals surface area contributed by atoms with Gasteiger partial charge in [0.15, 0.2) is 0 Å². The topological polar surface area (TPSA) is 0 Å². The molecule has 1 rings (SSSR count). The van der Waals surface area contributed by atoms with Gasteiger partial charge in [0.2, 0.25) is 0 Å². The van der Waals surface area contributed by atoms with Crippen LogP contribution in [-0.2, 0) is 0 Å². The van der Waals surface area contributed by atoms with Crippen LogP contribution in [0, 0.1) is 5.92 Å². The van der Waals surface area contributed by atoms with Gasteiger partial charge in [-0.3, -0.25) is 0 Å². The van der Waals surface area contributed by atoms with E-state index in [1.54, 1.807) is 6.04 Å². The van der Waals surface area contributed by atoms with Gasteiger partial charge in [0, 0.05) is 8.07 Å². The molecule has 0 saturated heterocycles. The van der Waals surface area contributed by atoms with Crippen molar-refractivity contribution in [3.8, 4) is 0 Å². The average Bonchev–Trinajstić information content (AvgIpc) is 2.26. The molecule has 0 N–H and O–H groups in total. The van der Waals surface area contributed by atoms with E-state index >= 15 is 0 Å². The highest BCUT2D eigenvalue weighted by atomic mass is 28.3. The van der Waals surface area contributed by atoms with E-state index in [2.05, 4.69) is 19.6 Å². The smallest absolute Gasteiger partial charge is 0.0442 e. The summed E-state index contributed by atoms with van der Waals surface area (Å²) in [4.78, 5) is 0. The van der Waals surface area contributed by atoms with E-state index in [-0.39, 0.29) is 0 Å². The quantitative estimate of drug-likeness (QED) is 0.560. The van der Waals surface area contributed by atoms with Crippen molar-refractivity contribution in [3.05, 3.63) is 0 Å². The third-order valence-corrected chi connectivity index (χ3v) is 5.57. The predicted molar refractivity (Wildman–Crippen MR) is 73.2 cm³/mol. The third kappa shape index (κ3) is 7.16. The highest BCUT2D eigenvalue weighted by Gasteiger charge is 2.17. The van der Waals surface area contributed by atoms with Crippen LogP contribution in [0.5, 0.6) is 0 Å². The summed E-state index contributed by atoms with van der Waals surface area (Å²) in [5.41, 5.74) is 0. The molecule has 0 unspecified atom stereocenters. The van der Waals surface area contributed by atoms with Crippen molar-refractivity contribution in [2.24, 2.45) is 5.92 Å². The normalized spacial score (nSPS) is 21.8. The van der Waals surface area contributed by atoms with E-state index in [9.17, 15) is 0 Å². The van der Waals surface area contributed by atoms with Gasteiger partial charge in [-0.05, 0) is 5.92 Å². The maximum absolute atomic E-state index is 2.52. The molecule has 1 saturated carbocycles. The second-order valence-corrected chi connectivity index (χ2v) is 12.3. The minimum Gasteiger partial charge on any atom is -0.0695 e. The Morgan fingerprint density at radius 2 is 1.27 bits per heavy atom. The summed E-state index contributed by atoms with van der Waals surface area (Å²) in [6.45, 7) is 7.55. The lowest BCUT2D eigenvalue weighted by Crippen LogP contribution is -2.20. The van der Waals surface area contributed by atoms with Crippen LogP contribution >= 0.6 is 0 Å². The Bertz CT molecular complexity index is 147. The van der Waals surface area contributed by atoms with Gasteiger partial charge >= 0.3 is 0 Å². The van der Waals surface area contributed by atoms with Crippen molar-refractivity contribution in [2.45, 2.75) is 83.5 Å². The fourth-order valence-electron chi connectivity index (χ4n) is 2.64. The van der Waals surface area contributed by atoms with E-state index in [1.165, 1.54) is 57.8 Å². The molecule has 1 aliphatic rings. The van der Waals surface area contributed by atoms with Crippen LogP contribution in [0.4, 0.5) is 0 Å². The molecule has 0 atom stereocenters. The van der Waals surface area contributed by atoms with Gasteiger partial charge < -0.3 is 0 Å². The second kappa shape index (κ2) is 6.73. The monoisotopic (exact) mass is 226 g/mol. The molecule has 0 spiro atoms. The molecule has 0 aromatic rings. The van der Waals surface area contributed by atoms with Gasteiger partial charge in [0.25, 0.3) is 0 Å². The molecule has 0 nitrogen and oxygen atoms in total. The molecule has 1 aliphatic carbocycles. The van der Waals surface area contributed by atoms with E-state index < -0.39 is 8.07 Å². The Morgan fingerprint density at radius 1 is 0.800 bits per heavy atom. The molecule has 0 aromatic carbocycles. The summed E-state index contributed by atoms with van der Waals surface area (Å²) < 4.78 is 0. The molecule has 0 aliphatic heterocycles. The zero-order chi connectivity index (χ0) is 11.1. The van der Waals surface area contributed by atoms with E-state index in [4.69, 9.17) is 0 Å². The van der Waals surface area contributed by atoms with Crippen molar-refractivity contribution in [1.82, 2.24) is 0 Å². The van der Waals surface area contributed by atoms with Gasteiger partial charge in [-0.15, -0.1) is 0 Å². The lowest BCUT2D eigenvalue weighted by atomic mass is 9.94. The van der Waals surface area contributed by atoms with Gasteiger partial charge in [0.05, 0.1) is 0 Å². The Labute approximate surface area is 97.9 Å². The lowest BCUT2D eigenvalue weighted by Gasteiger charge is -2.21. The fraction of sp³-hybridized carbons (Fsp3) is 1.00. The second-order valence-electron chi connectivity index (χ2n) is 6.66. The van der Waals surface area contributed by atoms with Gasteiger partial charge in [-0.25, -0.2) is 0 Å². The summed E-state index contributed by atoms with van der Waals surface area (Å²) >= 11 is 0. The van der Waals surface area contributed by atoms with Crippen LogP contribution < -0.4 is 0 Å². The SMILES string of the molecule is C[Si](C)(C)CCC1CCCCCCCC1. The van der Waals surface area contributed by atoms with Crippen molar-refractivity contribution in [1.29, 1.82) is 0 Å². The summed E-state index contributed by atoms with van der Waals surface area (Å²) in [6.07, 6.45) is 13.6. The van der Waals surface area contributed by atoms with E-state index in [0.29, 0.717) is 0 Å². The van der Waals surface area contributed by atoms with Crippen LogP contribution in [0.1, 0.15) is 57.8 Å². The minimum absolute atomic E-state index is 0.783. The molecule has 0 bridgehead atoms.